The van der Waals surface area contributed by atoms with Crippen LogP contribution in [0.1, 0.15) is 45.4 Å². The summed E-state index contributed by atoms with van der Waals surface area (Å²) in [4.78, 5) is 10.8. The third-order valence-electron chi connectivity index (χ3n) is 2.94. The van der Waals surface area contributed by atoms with Crippen molar-refractivity contribution in [3.63, 3.8) is 0 Å². The molecule has 0 aromatic carbocycles. The van der Waals surface area contributed by atoms with E-state index in [4.69, 9.17) is 5.11 Å². The molecule has 0 saturated carbocycles. The van der Waals surface area contributed by atoms with Crippen molar-refractivity contribution in [2.24, 2.45) is 11.8 Å². The molecule has 0 amide bonds. The van der Waals surface area contributed by atoms with E-state index in [1.165, 1.54) is 19.3 Å². The van der Waals surface area contributed by atoms with Gasteiger partial charge in [-0.2, -0.15) is 0 Å². The Bertz CT molecular complexity index is 208. The lowest BCUT2D eigenvalue weighted by atomic mass is 9.84. The number of unbranched alkanes of at least 4 members (excludes halogenated alkanes) is 2. The first kappa shape index (κ1) is 11.3. The van der Waals surface area contributed by atoms with Crippen molar-refractivity contribution < 1.29 is 9.90 Å². The third kappa shape index (κ3) is 3.52. The Hall–Kier alpha value is -0.790. The molecular formula is C12H20O2. The fourth-order valence-electron chi connectivity index (χ4n) is 2.05. The van der Waals surface area contributed by atoms with Gasteiger partial charge in [-0.15, -0.1) is 0 Å². The minimum absolute atomic E-state index is 0.133. The molecule has 2 nitrogen and oxygen atoms in total. The largest absolute Gasteiger partial charge is 0.481 e. The molecule has 0 radical (unpaired) electrons. The summed E-state index contributed by atoms with van der Waals surface area (Å²) in [6.45, 7) is 2.19. The van der Waals surface area contributed by atoms with Crippen LogP contribution in [0, 0.1) is 11.8 Å². The Morgan fingerprint density at radius 2 is 2.29 bits per heavy atom. The first-order valence-corrected chi connectivity index (χ1v) is 5.63. The van der Waals surface area contributed by atoms with Gasteiger partial charge in [-0.1, -0.05) is 38.3 Å². The normalized spacial score (nSPS) is 26.4. The van der Waals surface area contributed by atoms with E-state index < -0.39 is 5.97 Å². The highest BCUT2D eigenvalue weighted by Crippen LogP contribution is 2.27. The van der Waals surface area contributed by atoms with Crippen molar-refractivity contribution in [3.8, 4) is 0 Å². The quantitative estimate of drug-likeness (QED) is 0.541. The summed E-state index contributed by atoms with van der Waals surface area (Å²) in [6.07, 6.45) is 10.7. The molecule has 0 bridgehead atoms. The van der Waals surface area contributed by atoms with Crippen molar-refractivity contribution >= 4 is 5.97 Å². The van der Waals surface area contributed by atoms with Crippen LogP contribution < -0.4 is 0 Å². The van der Waals surface area contributed by atoms with Crippen LogP contribution in [0.25, 0.3) is 0 Å². The van der Waals surface area contributed by atoms with E-state index in [0.29, 0.717) is 5.92 Å². The first-order valence-electron chi connectivity index (χ1n) is 5.63. The topological polar surface area (TPSA) is 37.3 Å². The standard InChI is InChI=1S/C12H20O2/c1-2-3-4-6-10-7-5-8-11(9-10)12(13)14/h5,7,10-11H,2-4,6,8-9H2,1H3,(H,13,14). The number of hydrogen-bond acceptors (Lipinski definition) is 1. The summed E-state index contributed by atoms with van der Waals surface area (Å²) >= 11 is 0. The fraction of sp³-hybridized carbons (Fsp3) is 0.750. The smallest absolute Gasteiger partial charge is 0.306 e. The zero-order valence-corrected chi connectivity index (χ0v) is 8.91. The Kier molecular flexibility index (Phi) is 4.71. The molecule has 2 unspecified atom stereocenters. The number of hydrogen-bond donors (Lipinski definition) is 1. The van der Waals surface area contributed by atoms with Crippen LogP contribution in [0.2, 0.25) is 0 Å². The van der Waals surface area contributed by atoms with E-state index in [1.807, 2.05) is 6.08 Å². The average molecular weight is 196 g/mol. The average Bonchev–Trinajstić information content (AvgIpc) is 2.19. The summed E-state index contributed by atoms with van der Waals surface area (Å²) in [6, 6.07) is 0. The van der Waals surface area contributed by atoms with Crippen LogP contribution >= 0.6 is 0 Å². The van der Waals surface area contributed by atoms with Crippen molar-refractivity contribution in [2.45, 2.75) is 45.4 Å². The Balaban J connectivity index is 2.29. The molecule has 1 N–H and O–H groups in total. The zero-order chi connectivity index (χ0) is 10.4. The Labute approximate surface area is 86.0 Å². The maximum Gasteiger partial charge on any atom is 0.306 e. The van der Waals surface area contributed by atoms with E-state index in [1.54, 1.807) is 0 Å². The number of carbonyl (C=O) groups is 1. The first-order chi connectivity index (χ1) is 6.74. The predicted octanol–water partition coefficient (Wildman–Crippen LogP) is 3.23. The van der Waals surface area contributed by atoms with Crippen molar-refractivity contribution in [1.82, 2.24) is 0 Å². The lowest BCUT2D eigenvalue weighted by molar-refractivity contribution is -0.142. The molecule has 14 heavy (non-hydrogen) atoms. The summed E-state index contributed by atoms with van der Waals surface area (Å²) in [5.41, 5.74) is 0. The van der Waals surface area contributed by atoms with Crippen molar-refractivity contribution in [3.05, 3.63) is 12.2 Å². The van der Waals surface area contributed by atoms with E-state index >= 15 is 0 Å². The van der Waals surface area contributed by atoms with Crippen LogP contribution in [0.5, 0.6) is 0 Å². The van der Waals surface area contributed by atoms with Gasteiger partial charge >= 0.3 is 5.97 Å². The summed E-state index contributed by atoms with van der Waals surface area (Å²) in [5, 5.41) is 8.89. The summed E-state index contributed by atoms with van der Waals surface area (Å²) in [7, 11) is 0. The van der Waals surface area contributed by atoms with Crippen LogP contribution in [-0.2, 0) is 4.79 Å². The lowest BCUT2D eigenvalue weighted by Crippen LogP contribution is -2.19. The molecule has 1 rings (SSSR count). The predicted molar refractivity (Wildman–Crippen MR) is 57.1 cm³/mol. The highest BCUT2D eigenvalue weighted by molar-refractivity contribution is 5.70. The number of carboxylic acids is 1. The maximum absolute atomic E-state index is 10.8. The second kappa shape index (κ2) is 5.84. The van der Waals surface area contributed by atoms with Gasteiger partial charge in [0.15, 0.2) is 0 Å². The van der Waals surface area contributed by atoms with E-state index in [9.17, 15) is 4.79 Å². The van der Waals surface area contributed by atoms with Gasteiger partial charge in [0.1, 0.15) is 0 Å². The van der Waals surface area contributed by atoms with Gasteiger partial charge < -0.3 is 5.11 Å². The number of carboxylic acid groups (broad SMARTS) is 1. The molecule has 0 aromatic rings. The van der Waals surface area contributed by atoms with Crippen molar-refractivity contribution in [1.29, 1.82) is 0 Å². The van der Waals surface area contributed by atoms with E-state index in [-0.39, 0.29) is 5.92 Å². The highest BCUT2D eigenvalue weighted by Gasteiger charge is 2.22. The monoisotopic (exact) mass is 196 g/mol. The Morgan fingerprint density at radius 3 is 2.93 bits per heavy atom. The molecule has 80 valence electrons. The van der Waals surface area contributed by atoms with Gasteiger partial charge in [0.2, 0.25) is 0 Å². The van der Waals surface area contributed by atoms with Crippen molar-refractivity contribution in [2.75, 3.05) is 0 Å². The molecule has 2 heteroatoms. The third-order valence-corrected chi connectivity index (χ3v) is 2.94. The molecule has 0 aromatic heterocycles. The molecule has 1 aliphatic rings. The van der Waals surface area contributed by atoms with Gasteiger partial charge in [-0.3, -0.25) is 4.79 Å². The Morgan fingerprint density at radius 1 is 1.50 bits per heavy atom. The number of allylic oxidation sites excluding steroid dienone is 2. The summed E-state index contributed by atoms with van der Waals surface area (Å²) < 4.78 is 0. The molecule has 0 saturated heterocycles. The van der Waals surface area contributed by atoms with Gasteiger partial charge in [0.25, 0.3) is 0 Å². The molecule has 1 aliphatic carbocycles. The fourth-order valence-corrected chi connectivity index (χ4v) is 2.05. The minimum Gasteiger partial charge on any atom is -0.481 e. The van der Waals surface area contributed by atoms with Gasteiger partial charge in [-0.25, -0.2) is 0 Å². The van der Waals surface area contributed by atoms with Gasteiger partial charge in [0, 0.05) is 0 Å². The van der Waals surface area contributed by atoms with Gasteiger partial charge in [-0.05, 0) is 25.2 Å². The van der Waals surface area contributed by atoms with Gasteiger partial charge in [0.05, 0.1) is 5.92 Å². The maximum atomic E-state index is 10.8. The molecule has 0 heterocycles. The SMILES string of the molecule is CCCCCC1C=CCC(C(=O)O)C1. The van der Waals surface area contributed by atoms with E-state index in [0.717, 1.165) is 19.3 Å². The molecular weight excluding hydrogens is 176 g/mol. The minimum atomic E-state index is -0.630. The van der Waals surface area contributed by atoms with E-state index in [2.05, 4.69) is 13.0 Å². The number of aliphatic carboxylic acids is 1. The second-order valence-electron chi connectivity index (χ2n) is 4.19. The molecule has 0 aliphatic heterocycles. The molecule has 0 fully saturated rings. The molecule has 0 spiro atoms. The number of rotatable bonds is 5. The zero-order valence-electron chi connectivity index (χ0n) is 8.91. The second-order valence-corrected chi connectivity index (χ2v) is 4.19. The van der Waals surface area contributed by atoms with Crippen LogP contribution in [-0.4, -0.2) is 11.1 Å². The summed E-state index contributed by atoms with van der Waals surface area (Å²) in [5.74, 6) is -0.252. The van der Waals surface area contributed by atoms with Crippen LogP contribution in [0.15, 0.2) is 12.2 Å². The van der Waals surface area contributed by atoms with Crippen LogP contribution in [0.4, 0.5) is 0 Å². The lowest BCUT2D eigenvalue weighted by Gasteiger charge is -2.21. The van der Waals surface area contributed by atoms with Crippen LogP contribution in [0.3, 0.4) is 0 Å². The molecule has 2 atom stereocenters. The highest BCUT2D eigenvalue weighted by atomic mass is 16.4.